The fraction of sp³-hybridized carbons (Fsp3) is 0.0714. The van der Waals surface area contributed by atoms with E-state index >= 15 is 0 Å². The largest absolute Gasteiger partial charge is 0.359 e. The highest BCUT2D eigenvalue weighted by atomic mass is 35.5. The Morgan fingerprint density at radius 2 is 2.23 bits per heavy atom. The number of hydrogen-bond donors (Lipinski definition) is 1. The molecule has 0 saturated heterocycles. The number of aromatic amines is 1. The van der Waals surface area contributed by atoms with Crippen LogP contribution >= 0.6 is 11.6 Å². The molecule has 1 aromatic carbocycles. The van der Waals surface area contributed by atoms with Gasteiger partial charge in [0.2, 0.25) is 0 Å². The normalized spacial score (nSPS) is 13.4. The van der Waals surface area contributed by atoms with Gasteiger partial charge in [-0.3, -0.25) is 0 Å². The lowest BCUT2D eigenvalue weighted by Crippen LogP contribution is -2.13. The van der Waals surface area contributed by atoms with Gasteiger partial charge in [0.05, 0.1) is 6.26 Å². The van der Waals surface area contributed by atoms with Crippen LogP contribution in [0.2, 0.25) is 0 Å². The quantitative estimate of drug-likeness (QED) is 0.305. The monoisotopic (exact) mass is 342 g/mol. The molecule has 0 aliphatic rings. The molecule has 2 rings (SSSR count). The van der Waals surface area contributed by atoms with Crippen molar-refractivity contribution in [2.75, 3.05) is 6.26 Å². The molecule has 0 unspecified atom stereocenters. The maximum atomic E-state index is 13.7. The number of allylic oxidation sites excluding steroid dienone is 2. The van der Waals surface area contributed by atoms with Crippen LogP contribution in [0.15, 0.2) is 53.1 Å². The fourth-order valence-corrected chi connectivity index (χ4v) is 2.31. The summed E-state index contributed by atoms with van der Waals surface area (Å²) in [4.78, 5) is 6.70. The molecule has 0 radical (unpaired) electrons. The molecule has 116 valence electrons. The smallest absolute Gasteiger partial charge is 0.307 e. The lowest BCUT2D eigenvalue weighted by atomic mass is 10.2. The number of benzene rings is 1. The molecular weight excluding hydrogens is 331 g/mol. The molecule has 1 aromatic heterocycles. The second kappa shape index (κ2) is 6.33. The summed E-state index contributed by atoms with van der Waals surface area (Å²) in [5, 5.41) is 0.249. The van der Waals surface area contributed by atoms with E-state index in [1.165, 1.54) is 30.4 Å². The summed E-state index contributed by atoms with van der Waals surface area (Å²) < 4.78 is 41.3. The van der Waals surface area contributed by atoms with E-state index in [0.29, 0.717) is 5.52 Å². The van der Waals surface area contributed by atoms with E-state index in [1.807, 2.05) is 0 Å². The fourth-order valence-electron chi connectivity index (χ4n) is 1.73. The SMILES string of the molecule is C=C/C=C(Cl)\N=C(/OS(C)(=O)=O)c1cc2c(F)cccc2[nH]1. The van der Waals surface area contributed by atoms with Gasteiger partial charge in [-0.15, -0.1) is 0 Å². The minimum absolute atomic E-state index is 0.0345. The number of rotatable bonds is 4. The zero-order chi connectivity index (χ0) is 16.3. The molecule has 8 heteroatoms. The Morgan fingerprint density at radius 3 is 2.82 bits per heavy atom. The third-order valence-corrected chi connectivity index (χ3v) is 3.21. The van der Waals surface area contributed by atoms with Crippen molar-refractivity contribution >= 4 is 38.5 Å². The van der Waals surface area contributed by atoms with Crippen molar-refractivity contribution in [3.05, 3.63) is 59.7 Å². The Kier molecular flexibility index (Phi) is 4.68. The third-order valence-electron chi connectivity index (χ3n) is 2.54. The molecular formula is C14H12ClFN2O3S. The van der Waals surface area contributed by atoms with E-state index in [0.717, 1.165) is 6.26 Å². The Bertz CT molecular complexity index is 885. The molecule has 0 saturated carbocycles. The van der Waals surface area contributed by atoms with E-state index in [-0.39, 0.29) is 22.1 Å². The molecule has 0 aliphatic heterocycles. The highest BCUT2D eigenvalue weighted by Crippen LogP contribution is 2.20. The van der Waals surface area contributed by atoms with Crippen LogP contribution in [-0.2, 0) is 14.3 Å². The second-order valence-electron chi connectivity index (χ2n) is 4.31. The number of H-pyrrole nitrogens is 1. The molecule has 1 N–H and O–H groups in total. The number of aromatic nitrogens is 1. The molecule has 22 heavy (non-hydrogen) atoms. The van der Waals surface area contributed by atoms with Crippen molar-refractivity contribution in [2.45, 2.75) is 0 Å². The van der Waals surface area contributed by atoms with Crippen molar-refractivity contribution < 1.29 is 17.0 Å². The summed E-state index contributed by atoms with van der Waals surface area (Å²) in [6.07, 6.45) is 3.61. The average Bonchev–Trinajstić information content (AvgIpc) is 2.82. The molecule has 0 spiro atoms. The van der Waals surface area contributed by atoms with Gasteiger partial charge in [-0.05, 0) is 24.3 Å². The predicted molar refractivity (Wildman–Crippen MR) is 84.9 cm³/mol. The molecule has 0 amide bonds. The van der Waals surface area contributed by atoms with Crippen molar-refractivity contribution in [1.82, 2.24) is 4.98 Å². The molecule has 0 bridgehead atoms. The van der Waals surface area contributed by atoms with E-state index in [4.69, 9.17) is 15.8 Å². The molecule has 0 fully saturated rings. The van der Waals surface area contributed by atoms with E-state index in [9.17, 15) is 12.8 Å². The first-order valence-electron chi connectivity index (χ1n) is 6.04. The van der Waals surface area contributed by atoms with Crippen molar-refractivity contribution in [3.8, 4) is 0 Å². The van der Waals surface area contributed by atoms with Gasteiger partial charge in [0.1, 0.15) is 16.7 Å². The summed E-state index contributed by atoms with van der Waals surface area (Å²) in [7, 11) is -3.84. The second-order valence-corrected chi connectivity index (χ2v) is 6.28. The summed E-state index contributed by atoms with van der Waals surface area (Å²) in [5.41, 5.74) is 0.657. The van der Waals surface area contributed by atoms with Crippen LogP contribution in [0.25, 0.3) is 10.9 Å². The maximum Gasteiger partial charge on any atom is 0.307 e. The van der Waals surface area contributed by atoms with Crippen LogP contribution in [0.4, 0.5) is 4.39 Å². The summed E-state index contributed by atoms with van der Waals surface area (Å²) in [6, 6.07) is 5.85. The lowest BCUT2D eigenvalue weighted by molar-refractivity contribution is 0.489. The average molecular weight is 343 g/mol. The van der Waals surface area contributed by atoms with Crippen molar-refractivity contribution in [3.63, 3.8) is 0 Å². The first kappa shape index (κ1) is 16.3. The van der Waals surface area contributed by atoms with Crippen LogP contribution in [-0.4, -0.2) is 25.6 Å². The van der Waals surface area contributed by atoms with Gasteiger partial charge in [-0.1, -0.05) is 30.3 Å². The van der Waals surface area contributed by atoms with E-state index < -0.39 is 15.9 Å². The number of nitrogens with zero attached hydrogens (tertiary/aromatic N) is 1. The minimum Gasteiger partial charge on any atom is -0.359 e. The first-order chi connectivity index (χ1) is 10.3. The molecule has 0 atom stereocenters. The summed E-state index contributed by atoms with van der Waals surface area (Å²) in [5.74, 6) is -0.743. The van der Waals surface area contributed by atoms with Gasteiger partial charge in [-0.2, -0.15) is 13.4 Å². The number of aliphatic imine (C=N–C) groups is 1. The highest BCUT2D eigenvalue weighted by molar-refractivity contribution is 7.86. The Labute approximate surface area is 131 Å². The van der Waals surface area contributed by atoms with Crippen molar-refractivity contribution in [1.29, 1.82) is 0 Å². The summed E-state index contributed by atoms with van der Waals surface area (Å²) in [6.45, 7) is 3.46. The molecule has 5 nitrogen and oxygen atoms in total. The van der Waals surface area contributed by atoms with E-state index in [1.54, 1.807) is 6.07 Å². The van der Waals surface area contributed by atoms with Gasteiger partial charge in [0.15, 0.2) is 0 Å². The van der Waals surface area contributed by atoms with Crippen LogP contribution in [0.5, 0.6) is 0 Å². The topological polar surface area (TPSA) is 71.5 Å². The predicted octanol–water partition coefficient (Wildman–Crippen LogP) is 3.30. The van der Waals surface area contributed by atoms with Gasteiger partial charge in [0.25, 0.3) is 5.90 Å². The van der Waals surface area contributed by atoms with Gasteiger partial charge in [0, 0.05) is 10.9 Å². The van der Waals surface area contributed by atoms with Crippen LogP contribution in [0.3, 0.4) is 0 Å². The lowest BCUT2D eigenvalue weighted by Gasteiger charge is -2.04. The van der Waals surface area contributed by atoms with Gasteiger partial charge >= 0.3 is 10.1 Å². The highest BCUT2D eigenvalue weighted by Gasteiger charge is 2.16. The maximum absolute atomic E-state index is 13.7. The van der Waals surface area contributed by atoms with E-state index in [2.05, 4.69) is 16.6 Å². The Balaban J connectivity index is 2.58. The molecule has 0 aliphatic carbocycles. The minimum atomic E-state index is -3.84. The standard InChI is InChI=1S/C14H12ClFN2O3S/c1-3-5-13(15)18-14(21-22(2,19)20)12-8-9-10(16)6-4-7-11(9)17-12/h3-8,17H,1H2,2H3/b13-5-,18-14-. The molecule has 2 aromatic rings. The van der Waals surface area contributed by atoms with Crippen LogP contribution in [0.1, 0.15) is 5.69 Å². The number of hydrogen-bond acceptors (Lipinski definition) is 4. The third kappa shape index (κ3) is 3.96. The zero-order valence-electron chi connectivity index (χ0n) is 11.5. The van der Waals surface area contributed by atoms with Crippen molar-refractivity contribution in [2.24, 2.45) is 4.99 Å². The zero-order valence-corrected chi connectivity index (χ0v) is 13.1. The van der Waals surface area contributed by atoms with Gasteiger partial charge in [-0.25, -0.2) is 4.39 Å². The number of fused-ring (bicyclic) bond motifs is 1. The van der Waals surface area contributed by atoms with Gasteiger partial charge < -0.3 is 9.17 Å². The number of halogens is 2. The first-order valence-corrected chi connectivity index (χ1v) is 8.23. The Hall–Kier alpha value is -2.12. The summed E-state index contributed by atoms with van der Waals surface area (Å²) >= 11 is 5.82. The van der Waals surface area contributed by atoms with Crippen LogP contribution in [0, 0.1) is 5.82 Å². The van der Waals surface area contributed by atoms with Crippen LogP contribution < -0.4 is 0 Å². The molecule has 1 heterocycles. The number of nitrogens with one attached hydrogen (secondary N) is 1. The Morgan fingerprint density at radius 1 is 1.50 bits per heavy atom.